The molecule has 7 heteroatoms. The molecule has 0 saturated heterocycles. The van der Waals surface area contributed by atoms with Crippen LogP contribution in [0.2, 0.25) is 0 Å². The van der Waals surface area contributed by atoms with E-state index in [0.717, 1.165) is 5.56 Å². The summed E-state index contributed by atoms with van der Waals surface area (Å²) in [5.74, 6) is -0.0477. The number of nitrogens with zero attached hydrogens (tertiary/aromatic N) is 2. The van der Waals surface area contributed by atoms with Crippen molar-refractivity contribution >= 4 is 22.5 Å². The SMILES string of the molecule is COc1ccc(-c2nc3c(C)cccn3c2C(N)=O)c2ccc(=O)[nH]c12. The van der Waals surface area contributed by atoms with E-state index in [-0.39, 0.29) is 5.56 Å². The fraction of sp³-hybridized carbons (Fsp3) is 0.105. The molecule has 1 aromatic carbocycles. The van der Waals surface area contributed by atoms with Crippen LogP contribution in [0.15, 0.2) is 47.4 Å². The summed E-state index contributed by atoms with van der Waals surface area (Å²) in [6, 6.07) is 10.4. The van der Waals surface area contributed by atoms with Crippen LogP contribution in [0.4, 0.5) is 0 Å². The molecule has 3 heterocycles. The summed E-state index contributed by atoms with van der Waals surface area (Å²) in [5.41, 5.74) is 8.98. The maximum Gasteiger partial charge on any atom is 0.268 e. The van der Waals surface area contributed by atoms with Gasteiger partial charge in [-0.3, -0.25) is 14.0 Å². The lowest BCUT2D eigenvalue weighted by Gasteiger charge is -2.09. The summed E-state index contributed by atoms with van der Waals surface area (Å²) < 4.78 is 7.03. The summed E-state index contributed by atoms with van der Waals surface area (Å²) in [7, 11) is 1.53. The second kappa shape index (κ2) is 5.73. The molecule has 0 fully saturated rings. The lowest BCUT2D eigenvalue weighted by atomic mass is 10.0. The molecule has 0 radical (unpaired) electrons. The number of aryl methyl sites for hydroxylation is 1. The molecule has 0 aliphatic carbocycles. The van der Waals surface area contributed by atoms with Crippen LogP contribution in [0.5, 0.6) is 5.75 Å². The number of hydrogen-bond donors (Lipinski definition) is 2. The molecule has 0 atom stereocenters. The molecule has 0 unspecified atom stereocenters. The number of nitrogens with two attached hydrogens (primary N) is 1. The number of nitrogens with one attached hydrogen (secondary N) is 1. The van der Waals surface area contributed by atoms with Crippen LogP contribution in [0, 0.1) is 6.92 Å². The first kappa shape index (κ1) is 15.9. The van der Waals surface area contributed by atoms with Gasteiger partial charge in [0.1, 0.15) is 22.8 Å². The fourth-order valence-electron chi connectivity index (χ4n) is 3.23. The third-order valence-corrected chi connectivity index (χ3v) is 4.41. The van der Waals surface area contributed by atoms with Gasteiger partial charge in [-0.05, 0) is 36.8 Å². The number of aromatic amines is 1. The van der Waals surface area contributed by atoms with Crippen LogP contribution >= 0.6 is 0 Å². The molecule has 4 rings (SSSR count). The first-order valence-electron chi connectivity index (χ1n) is 7.99. The number of carbonyl (C=O) groups excluding carboxylic acids is 1. The zero-order chi connectivity index (χ0) is 18.4. The van der Waals surface area contributed by atoms with Gasteiger partial charge < -0.3 is 15.5 Å². The van der Waals surface area contributed by atoms with Crippen molar-refractivity contribution in [3.05, 3.63) is 64.2 Å². The van der Waals surface area contributed by atoms with Gasteiger partial charge in [-0.15, -0.1) is 0 Å². The van der Waals surface area contributed by atoms with Crippen molar-refractivity contribution in [1.29, 1.82) is 0 Å². The molecular weight excluding hydrogens is 332 g/mol. The molecule has 4 aromatic rings. The van der Waals surface area contributed by atoms with E-state index in [4.69, 9.17) is 10.5 Å². The van der Waals surface area contributed by atoms with E-state index in [1.165, 1.54) is 13.2 Å². The quantitative estimate of drug-likeness (QED) is 0.593. The highest BCUT2D eigenvalue weighted by atomic mass is 16.5. The van der Waals surface area contributed by atoms with Gasteiger partial charge in [0, 0.05) is 23.2 Å². The molecule has 3 aromatic heterocycles. The second-order valence-electron chi connectivity index (χ2n) is 5.98. The lowest BCUT2D eigenvalue weighted by Crippen LogP contribution is -2.15. The Morgan fingerprint density at radius 2 is 2.04 bits per heavy atom. The van der Waals surface area contributed by atoms with Crippen molar-refractivity contribution in [2.75, 3.05) is 7.11 Å². The number of amides is 1. The summed E-state index contributed by atoms with van der Waals surface area (Å²) >= 11 is 0. The molecule has 1 amide bonds. The molecule has 130 valence electrons. The standard InChI is InChI=1S/C19H16N4O3/c1-10-4-3-9-23-17(18(20)25)16(22-19(10)23)12-5-7-13(26-2)15-11(12)6-8-14(24)21-15/h3-9H,1-2H3,(H2,20,25)(H,21,24). The van der Waals surface area contributed by atoms with E-state index in [1.54, 1.807) is 22.7 Å². The third-order valence-electron chi connectivity index (χ3n) is 4.41. The first-order valence-corrected chi connectivity index (χ1v) is 7.99. The first-order chi connectivity index (χ1) is 12.5. The van der Waals surface area contributed by atoms with Crippen molar-refractivity contribution in [1.82, 2.24) is 14.4 Å². The normalized spacial score (nSPS) is 11.2. The molecule has 0 aliphatic heterocycles. The van der Waals surface area contributed by atoms with E-state index < -0.39 is 5.91 Å². The van der Waals surface area contributed by atoms with Gasteiger partial charge in [0.05, 0.1) is 12.6 Å². The number of primary amides is 1. The van der Waals surface area contributed by atoms with Gasteiger partial charge in [0.25, 0.3) is 5.91 Å². The topological polar surface area (TPSA) is 102 Å². The predicted octanol–water partition coefficient (Wildman–Crippen LogP) is 2.26. The maximum absolute atomic E-state index is 12.2. The van der Waals surface area contributed by atoms with Crippen LogP contribution < -0.4 is 16.0 Å². The van der Waals surface area contributed by atoms with Crippen molar-refractivity contribution < 1.29 is 9.53 Å². The van der Waals surface area contributed by atoms with E-state index >= 15 is 0 Å². The van der Waals surface area contributed by atoms with Gasteiger partial charge in [0.2, 0.25) is 5.56 Å². The summed E-state index contributed by atoms with van der Waals surface area (Å²) in [4.78, 5) is 31.4. The average molecular weight is 348 g/mol. The molecule has 3 N–H and O–H groups in total. The van der Waals surface area contributed by atoms with Crippen molar-refractivity contribution in [2.45, 2.75) is 6.92 Å². The van der Waals surface area contributed by atoms with Gasteiger partial charge in [-0.25, -0.2) is 4.98 Å². The van der Waals surface area contributed by atoms with Gasteiger partial charge >= 0.3 is 0 Å². The molecule has 0 aliphatic rings. The van der Waals surface area contributed by atoms with E-state index in [9.17, 15) is 9.59 Å². The molecule has 0 saturated carbocycles. The number of fused-ring (bicyclic) bond motifs is 2. The van der Waals surface area contributed by atoms with Crippen LogP contribution in [0.1, 0.15) is 16.1 Å². The minimum Gasteiger partial charge on any atom is -0.495 e. The number of benzene rings is 1. The van der Waals surface area contributed by atoms with Crippen LogP contribution in [-0.4, -0.2) is 27.4 Å². The fourth-order valence-corrected chi connectivity index (χ4v) is 3.23. The van der Waals surface area contributed by atoms with Crippen molar-refractivity contribution in [3.63, 3.8) is 0 Å². The molecule has 26 heavy (non-hydrogen) atoms. The highest BCUT2D eigenvalue weighted by Crippen LogP contribution is 2.34. The largest absolute Gasteiger partial charge is 0.495 e. The number of imidazole rings is 1. The van der Waals surface area contributed by atoms with E-state index in [1.807, 2.05) is 25.1 Å². The predicted molar refractivity (Wildman–Crippen MR) is 98.6 cm³/mol. The van der Waals surface area contributed by atoms with Crippen LogP contribution in [0.3, 0.4) is 0 Å². The zero-order valence-corrected chi connectivity index (χ0v) is 14.2. The third kappa shape index (κ3) is 2.25. The summed E-state index contributed by atoms with van der Waals surface area (Å²) in [6.45, 7) is 1.92. The molecule has 0 spiro atoms. The smallest absolute Gasteiger partial charge is 0.268 e. The Balaban J connectivity index is 2.14. The Hall–Kier alpha value is -3.61. The van der Waals surface area contributed by atoms with E-state index in [0.29, 0.717) is 39.3 Å². The number of methoxy groups -OCH3 is 1. The number of pyridine rings is 2. The number of rotatable bonds is 3. The number of hydrogen-bond acceptors (Lipinski definition) is 4. The summed E-state index contributed by atoms with van der Waals surface area (Å²) in [5, 5.41) is 0.715. The minimum absolute atomic E-state index is 0.242. The molecule has 0 bridgehead atoms. The highest BCUT2D eigenvalue weighted by molar-refractivity contribution is 6.04. The Morgan fingerprint density at radius 3 is 2.77 bits per heavy atom. The van der Waals surface area contributed by atoms with E-state index in [2.05, 4.69) is 9.97 Å². The molecular formula is C19H16N4O3. The number of H-pyrrole nitrogens is 1. The van der Waals surface area contributed by atoms with Crippen LogP contribution in [-0.2, 0) is 0 Å². The van der Waals surface area contributed by atoms with Crippen LogP contribution in [0.25, 0.3) is 27.8 Å². The Kier molecular flexibility index (Phi) is 3.50. The Labute approximate surface area is 148 Å². The highest BCUT2D eigenvalue weighted by Gasteiger charge is 2.21. The Morgan fingerprint density at radius 1 is 1.23 bits per heavy atom. The second-order valence-corrected chi connectivity index (χ2v) is 5.98. The number of ether oxygens (including phenoxy) is 1. The average Bonchev–Trinajstić information content (AvgIpc) is 3.01. The monoisotopic (exact) mass is 348 g/mol. The zero-order valence-electron chi connectivity index (χ0n) is 14.2. The minimum atomic E-state index is -0.577. The number of carbonyl (C=O) groups is 1. The molecule has 7 nitrogen and oxygen atoms in total. The maximum atomic E-state index is 12.2. The number of aromatic nitrogens is 3. The van der Waals surface area contributed by atoms with Gasteiger partial charge in [0.15, 0.2) is 0 Å². The lowest BCUT2D eigenvalue weighted by molar-refractivity contribution is 0.0995. The summed E-state index contributed by atoms with van der Waals surface area (Å²) in [6.07, 6.45) is 1.76. The van der Waals surface area contributed by atoms with Crippen molar-refractivity contribution in [3.8, 4) is 17.0 Å². The van der Waals surface area contributed by atoms with Gasteiger partial charge in [-0.2, -0.15) is 0 Å². The van der Waals surface area contributed by atoms with Gasteiger partial charge in [-0.1, -0.05) is 6.07 Å². The Bertz CT molecular complexity index is 1240. The van der Waals surface area contributed by atoms with Crippen molar-refractivity contribution in [2.24, 2.45) is 5.73 Å².